The molecule has 1 fully saturated rings. The molecule has 1 aliphatic rings. The largest absolute Gasteiger partial charge is 0.378 e. The van der Waals surface area contributed by atoms with Crippen molar-refractivity contribution in [3.8, 4) is 10.4 Å². The molecule has 0 bridgehead atoms. The lowest BCUT2D eigenvalue weighted by atomic mass is 10.1. The van der Waals surface area contributed by atoms with Crippen LogP contribution in [-0.2, 0) is 4.74 Å². The predicted octanol–water partition coefficient (Wildman–Crippen LogP) is 3.19. The fourth-order valence-corrected chi connectivity index (χ4v) is 3.39. The molecular formula is C16H15N3OS. The van der Waals surface area contributed by atoms with Crippen LogP contribution in [0.4, 0.5) is 5.82 Å². The van der Waals surface area contributed by atoms with Crippen LogP contribution in [0.25, 0.3) is 21.3 Å². The van der Waals surface area contributed by atoms with Crippen LogP contribution in [0.2, 0.25) is 0 Å². The number of aromatic nitrogens is 2. The number of anilines is 1. The van der Waals surface area contributed by atoms with Crippen molar-refractivity contribution in [2.45, 2.75) is 0 Å². The van der Waals surface area contributed by atoms with E-state index in [1.807, 2.05) is 0 Å². The third kappa shape index (κ3) is 2.39. The number of ether oxygens (including phenoxy) is 1. The van der Waals surface area contributed by atoms with Crippen LogP contribution in [0.3, 0.4) is 0 Å². The number of hydrogen-bond donors (Lipinski definition) is 0. The second-order valence-electron chi connectivity index (χ2n) is 5.01. The minimum Gasteiger partial charge on any atom is -0.378 e. The highest BCUT2D eigenvalue weighted by atomic mass is 32.1. The van der Waals surface area contributed by atoms with Crippen molar-refractivity contribution in [1.82, 2.24) is 9.97 Å². The maximum Gasteiger partial charge on any atom is 0.140 e. The zero-order chi connectivity index (χ0) is 14.1. The molecule has 0 radical (unpaired) electrons. The Labute approximate surface area is 127 Å². The van der Waals surface area contributed by atoms with Crippen LogP contribution in [0, 0.1) is 0 Å². The van der Waals surface area contributed by atoms with E-state index in [0.29, 0.717) is 0 Å². The Morgan fingerprint density at radius 3 is 2.81 bits per heavy atom. The lowest BCUT2D eigenvalue weighted by Gasteiger charge is -2.28. The van der Waals surface area contributed by atoms with Crippen LogP contribution in [-0.4, -0.2) is 36.3 Å². The normalized spacial score (nSPS) is 15.5. The summed E-state index contributed by atoms with van der Waals surface area (Å²) in [6.07, 6.45) is 1.66. The van der Waals surface area contributed by atoms with Crippen molar-refractivity contribution < 1.29 is 4.74 Å². The summed E-state index contributed by atoms with van der Waals surface area (Å²) in [4.78, 5) is 12.5. The second-order valence-corrected chi connectivity index (χ2v) is 5.95. The van der Waals surface area contributed by atoms with E-state index < -0.39 is 0 Å². The Hall–Kier alpha value is -1.98. The molecule has 0 aliphatic carbocycles. The molecule has 21 heavy (non-hydrogen) atoms. The van der Waals surface area contributed by atoms with E-state index in [1.54, 1.807) is 17.7 Å². The maximum atomic E-state index is 5.42. The highest BCUT2D eigenvalue weighted by Gasteiger charge is 2.15. The smallest absolute Gasteiger partial charge is 0.140 e. The van der Waals surface area contributed by atoms with Crippen LogP contribution < -0.4 is 4.90 Å². The standard InChI is InChI=1S/C16H15N3OS/c1-2-15(21-9-1)12-3-4-13-14(10-12)17-11-18-16(13)19-5-7-20-8-6-19/h1-4,9-11H,5-8H2. The van der Waals surface area contributed by atoms with Crippen molar-refractivity contribution in [2.75, 3.05) is 31.2 Å². The lowest BCUT2D eigenvalue weighted by Crippen LogP contribution is -2.36. The van der Waals surface area contributed by atoms with Gasteiger partial charge < -0.3 is 9.64 Å². The second kappa shape index (κ2) is 5.42. The number of fused-ring (bicyclic) bond motifs is 1. The Balaban J connectivity index is 1.79. The molecule has 1 aliphatic heterocycles. The maximum absolute atomic E-state index is 5.42. The first-order valence-electron chi connectivity index (χ1n) is 7.03. The molecule has 3 aromatic rings. The van der Waals surface area contributed by atoms with Crippen molar-refractivity contribution in [3.63, 3.8) is 0 Å². The Morgan fingerprint density at radius 1 is 1.10 bits per heavy atom. The average Bonchev–Trinajstić information content (AvgIpc) is 3.09. The van der Waals surface area contributed by atoms with E-state index in [0.717, 1.165) is 43.0 Å². The Morgan fingerprint density at radius 2 is 2.00 bits per heavy atom. The molecule has 0 amide bonds. The molecule has 0 N–H and O–H groups in total. The van der Waals surface area contributed by atoms with Gasteiger partial charge in [-0.3, -0.25) is 0 Å². The molecular weight excluding hydrogens is 282 g/mol. The summed E-state index contributed by atoms with van der Waals surface area (Å²) in [5.74, 6) is 1.01. The zero-order valence-corrected chi connectivity index (χ0v) is 12.3. The first kappa shape index (κ1) is 12.7. The topological polar surface area (TPSA) is 38.2 Å². The van der Waals surface area contributed by atoms with Crippen LogP contribution in [0.5, 0.6) is 0 Å². The third-order valence-electron chi connectivity index (χ3n) is 3.73. The highest BCUT2D eigenvalue weighted by molar-refractivity contribution is 7.13. The van der Waals surface area contributed by atoms with Gasteiger partial charge in [-0.1, -0.05) is 12.1 Å². The summed E-state index contributed by atoms with van der Waals surface area (Å²) in [7, 11) is 0. The summed E-state index contributed by atoms with van der Waals surface area (Å²) in [5.41, 5.74) is 2.21. The van der Waals surface area contributed by atoms with Crippen LogP contribution in [0.15, 0.2) is 42.0 Å². The molecule has 0 spiro atoms. The van der Waals surface area contributed by atoms with Crippen molar-refractivity contribution in [1.29, 1.82) is 0 Å². The molecule has 0 atom stereocenters. The first-order valence-corrected chi connectivity index (χ1v) is 7.91. The minimum absolute atomic E-state index is 0.763. The van der Waals surface area contributed by atoms with Gasteiger partial charge in [-0.05, 0) is 29.1 Å². The lowest BCUT2D eigenvalue weighted by molar-refractivity contribution is 0.122. The number of rotatable bonds is 2. The summed E-state index contributed by atoms with van der Waals surface area (Å²) in [5, 5.41) is 3.21. The number of nitrogens with zero attached hydrogens (tertiary/aromatic N) is 3. The SMILES string of the molecule is c1csc(-c2ccc3c(N4CCOCC4)ncnc3c2)c1. The third-order valence-corrected chi connectivity index (χ3v) is 4.65. The predicted molar refractivity (Wildman–Crippen MR) is 85.9 cm³/mol. The average molecular weight is 297 g/mol. The van der Waals surface area contributed by atoms with Gasteiger partial charge in [-0.25, -0.2) is 9.97 Å². The summed E-state index contributed by atoms with van der Waals surface area (Å²) in [6, 6.07) is 10.6. The van der Waals surface area contributed by atoms with Gasteiger partial charge in [0, 0.05) is 23.4 Å². The Bertz CT molecular complexity index is 751. The summed E-state index contributed by atoms with van der Waals surface area (Å²) >= 11 is 1.75. The Kier molecular flexibility index (Phi) is 3.29. The molecule has 4 nitrogen and oxygen atoms in total. The molecule has 2 aromatic heterocycles. The fourth-order valence-electron chi connectivity index (χ4n) is 2.67. The first-order chi connectivity index (χ1) is 10.4. The van der Waals surface area contributed by atoms with Gasteiger partial charge in [-0.15, -0.1) is 11.3 Å². The summed E-state index contributed by atoms with van der Waals surface area (Å²) in [6.45, 7) is 3.30. The van der Waals surface area contributed by atoms with Gasteiger partial charge in [-0.2, -0.15) is 0 Å². The van der Waals surface area contributed by atoms with Gasteiger partial charge in [0.05, 0.1) is 18.7 Å². The van der Waals surface area contributed by atoms with Gasteiger partial charge in [0.15, 0.2) is 0 Å². The monoisotopic (exact) mass is 297 g/mol. The van der Waals surface area contributed by atoms with Crippen LogP contribution in [0.1, 0.15) is 0 Å². The van der Waals surface area contributed by atoms with E-state index in [-0.39, 0.29) is 0 Å². The number of hydrogen-bond acceptors (Lipinski definition) is 5. The number of morpholine rings is 1. The number of thiophene rings is 1. The highest BCUT2D eigenvalue weighted by Crippen LogP contribution is 2.30. The van der Waals surface area contributed by atoms with E-state index in [2.05, 4.69) is 50.6 Å². The fraction of sp³-hybridized carbons (Fsp3) is 0.250. The van der Waals surface area contributed by atoms with E-state index in [9.17, 15) is 0 Å². The summed E-state index contributed by atoms with van der Waals surface area (Å²) < 4.78 is 5.42. The molecule has 3 heterocycles. The van der Waals surface area contributed by atoms with E-state index in [4.69, 9.17) is 4.74 Å². The molecule has 5 heteroatoms. The molecule has 1 saturated heterocycles. The van der Waals surface area contributed by atoms with Gasteiger partial charge in [0.2, 0.25) is 0 Å². The van der Waals surface area contributed by atoms with Crippen LogP contribution >= 0.6 is 11.3 Å². The van der Waals surface area contributed by atoms with E-state index in [1.165, 1.54) is 10.4 Å². The molecule has 4 rings (SSSR count). The van der Waals surface area contributed by atoms with Crippen molar-refractivity contribution >= 4 is 28.1 Å². The number of benzene rings is 1. The van der Waals surface area contributed by atoms with E-state index >= 15 is 0 Å². The molecule has 0 unspecified atom stereocenters. The minimum atomic E-state index is 0.763. The van der Waals surface area contributed by atoms with Gasteiger partial charge in [0.25, 0.3) is 0 Å². The van der Waals surface area contributed by atoms with Crippen molar-refractivity contribution in [2.24, 2.45) is 0 Å². The molecule has 0 saturated carbocycles. The van der Waals surface area contributed by atoms with Gasteiger partial charge >= 0.3 is 0 Å². The van der Waals surface area contributed by atoms with Gasteiger partial charge in [0.1, 0.15) is 12.1 Å². The van der Waals surface area contributed by atoms with Crippen molar-refractivity contribution in [3.05, 3.63) is 42.0 Å². The quantitative estimate of drug-likeness (QED) is 0.728. The zero-order valence-electron chi connectivity index (χ0n) is 11.5. The molecule has 1 aromatic carbocycles. The molecule has 106 valence electrons.